The monoisotopic (exact) mass is 306 g/mol. The number of amides is 2. The third-order valence-electron chi connectivity index (χ3n) is 4.50. The summed E-state index contributed by atoms with van der Waals surface area (Å²) < 4.78 is 5.13. The molecule has 5 heteroatoms. The van der Waals surface area contributed by atoms with Gasteiger partial charge in [0.15, 0.2) is 0 Å². The summed E-state index contributed by atoms with van der Waals surface area (Å²) in [5.74, 6) is 0.689. The summed E-state index contributed by atoms with van der Waals surface area (Å²) >= 11 is 0. The van der Waals surface area contributed by atoms with Crippen LogP contribution in [0.2, 0.25) is 0 Å². The Morgan fingerprint density at radius 3 is 2.91 bits per heavy atom. The number of methoxy groups -OCH3 is 1. The van der Waals surface area contributed by atoms with Crippen LogP contribution in [0.5, 0.6) is 5.75 Å². The highest BCUT2D eigenvalue weighted by Crippen LogP contribution is 2.37. The van der Waals surface area contributed by atoms with Gasteiger partial charge in [-0.05, 0) is 36.0 Å². The van der Waals surface area contributed by atoms with Crippen LogP contribution in [-0.4, -0.2) is 30.8 Å². The van der Waals surface area contributed by atoms with Gasteiger partial charge in [0.1, 0.15) is 5.75 Å². The van der Waals surface area contributed by atoms with Gasteiger partial charge in [-0.15, -0.1) is 0 Å². The minimum atomic E-state index is -0.752. The Kier molecular flexibility index (Phi) is 5.29. The number of aliphatic hydroxyl groups excluding tert-OH is 1. The number of carbonyl (C=O) groups excluding carboxylic acids is 1. The van der Waals surface area contributed by atoms with E-state index in [2.05, 4.69) is 24.5 Å². The highest BCUT2D eigenvalue weighted by Gasteiger charge is 2.35. The van der Waals surface area contributed by atoms with E-state index >= 15 is 0 Å². The minimum Gasteiger partial charge on any atom is -0.497 e. The summed E-state index contributed by atoms with van der Waals surface area (Å²) in [5, 5.41) is 15.9. The molecule has 0 spiro atoms. The van der Waals surface area contributed by atoms with Crippen molar-refractivity contribution in [3.8, 4) is 5.75 Å². The van der Waals surface area contributed by atoms with Crippen LogP contribution in [0.3, 0.4) is 0 Å². The van der Waals surface area contributed by atoms with E-state index < -0.39 is 6.10 Å². The molecule has 1 fully saturated rings. The van der Waals surface area contributed by atoms with E-state index in [-0.39, 0.29) is 24.0 Å². The first-order chi connectivity index (χ1) is 10.4. The Balaban J connectivity index is 1.82. The topological polar surface area (TPSA) is 70.6 Å². The Labute approximate surface area is 132 Å². The Hall–Kier alpha value is -1.75. The Morgan fingerprint density at radius 2 is 2.27 bits per heavy atom. The van der Waals surface area contributed by atoms with Crippen molar-refractivity contribution < 1.29 is 14.6 Å². The number of urea groups is 1. The molecule has 2 atom stereocenters. The van der Waals surface area contributed by atoms with Gasteiger partial charge in [0.2, 0.25) is 0 Å². The Bertz CT molecular complexity index is 516. The maximum absolute atomic E-state index is 12.0. The second-order valence-corrected chi connectivity index (χ2v) is 6.58. The predicted octanol–water partition coefficient (Wildman–Crippen LogP) is 2.61. The molecule has 1 saturated carbocycles. The molecule has 122 valence electrons. The van der Waals surface area contributed by atoms with Crippen LogP contribution < -0.4 is 15.4 Å². The summed E-state index contributed by atoms with van der Waals surface area (Å²) in [4.78, 5) is 12.0. The smallest absolute Gasteiger partial charge is 0.315 e. The molecule has 0 heterocycles. The molecular weight excluding hydrogens is 280 g/mol. The van der Waals surface area contributed by atoms with Crippen molar-refractivity contribution in [1.29, 1.82) is 0 Å². The van der Waals surface area contributed by atoms with Gasteiger partial charge in [-0.1, -0.05) is 32.4 Å². The molecule has 2 rings (SSSR count). The summed E-state index contributed by atoms with van der Waals surface area (Å²) in [6.07, 6.45) is 2.53. The van der Waals surface area contributed by atoms with E-state index in [9.17, 15) is 9.90 Å². The molecule has 0 aromatic heterocycles. The summed E-state index contributed by atoms with van der Waals surface area (Å²) in [6, 6.07) is 7.19. The number of rotatable bonds is 5. The van der Waals surface area contributed by atoms with Crippen molar-refractivity contribution >= 4 is 6.03 Å². The first kappa shape index (κ1) is 16.6. The number of benzene rings is 1. The van der Waals surface area contributed by atoms with Gasteiger partial charge in [0.25, 0.3) is 0 Å². The van der Waals surface area contributed by atoms with Crippen molar-refractivity contribution in [2.75, 3.05) is 13.7 Å². The van der Waals surface area contributed by atoms with E-state index in [1.54, 1.807) is 13.2 Å². The van der Waals surface area contributed by atoms with Gasteiger partial charge in [0, 0.05) is 12.6 Å². The van der Waals surface area contributed by atoms with Crippen molar-refractivity contribution in [3.63, 3.8) is 0 Å². The van der Waals surface area contributed by atoms with E-state index in [0.717, 1.165) is 24.8 Å². The van der Waals surface area contributed by atoms with Crippen molar-refractivity contribution in [1.82, 2.24) is 10.6 Å². The highest BCUT2D eigenvalue weighted by atomic mass is 16.5. The lowest BCUT2D eigenvalue weighted by molar-refractivity contribution is 0.170. The molecule has 5 nitrogen and oxygen atoms in total. The molecule has 0 radical (unpaired) electrons. The molecule has 0 bridgehead atoms. The largest absolute Gasteiger partial charge is 0.497 e. The van der Waals surface area contributed by atoms with Crippen molar-refractivity contribution in [2.45, 2.75) is 45.3 Å². The van der Waals surface area contributed by atoms with Crippen LogP contribution in [0.25, 0.3) is 0 Å². The standard InChI is InChI=1S/C17H26N2O3/c1-17(2)9-5-8-15(17)19-16(21)18-11-14(20)12-6-4-7-13(10-12)22-3/h4,6-7,10,14-15,20H,5,8-9,11H2,1-3H3,(H2,18,19,21). The fourth-order valence-electron chi connectivity index (χ4n) is 2.96. The molecule has 1 aromatic carbocycles. The molecule has 22 heavy (non-hydrogen) atoms. The zero-order valence-corrected chi connectivity index (χ0v) is 13.6. The van der Waals surface area contributed by atoms with Gasteiger partial charge in [0.05, 0.1) is 13.2 Å². The summed E-state index contributed by atoms with van der Waals surface area (Å²) in [7, 11) is 1.58. The number of ether oxygens (including phenoxy) is 1. The number of hydrogen-bond acceptors (Lipinski definition) is 3. The lowest BCUT2D eigenvalue weighted by Crippen LogP contribution is -2.47. The van der Waals surface area contributed by atoms with Gasteiger partial charge in [-0.2, -0.15) is 0 Å². The van der Waals surface area contributed by atoms with Crippen LogP contribution in [0.1, 0.15) is 44.8 Å². The SMILES string of the molecule is COc1cccc(C(O)CNC(=O)NC2CCCC2(C)C)c1. The molecule has 0 saturated heterocycles. The van der Waals surface area contributed by atoms with E-state index in [1.807, 2.05) is 18.2 Å². The van der Waals surface area contributed by atoms with Gasteiger partial charge >= 0.3 is 6.03 Å². The first-order valence-corrected chi connectivity index (χ1v) is 7.79. The first-order valence-electron chi connectivity index (χ1n) is 7.79. The summed E-state index contributed by atoms with van der Waals surface area (Å²) in [5.41, 5.74) is 0.865. The molecule has 1 aliphatic rings. The van der Waals surface area contributed by atoms with Crippen LogP contribution in [0.4, 0.5) is 4.79 Å². The molecule has 2 unspecified atom stereocenters. The maximum atomic E-state index is 12.0. The third kappa shape index (κ3) is 4.13. The lowest BCUT2D eigenvalue weighted by atomic mass is 9.87. The van der Waals surface area contributed by atoms with E-state index in [1.165, 1.54) is 0 Å². The van der Waals surface area contributed by atoms with E-state index in [4.69, 9.17) is 4.74 Å². The van der Waals surface area contributed by atoms with Crippen molar-refractivity contribution in [3.05, 3.63) is 29.8 Å². The van der Waals surface area contributed by atoms with Crippen LogP contribution in [0.15, 0.2) is 24.3 Å². The molecule has 0 aliphatic heterocycles. The predicted molar refractivity (Wildman–Crippen MR) is 85.9 cm³/mol. The second-order valence-electron chi connectivity index (χ2n) is 6.58. The summed E-state index contributed by atoms with van der Waals surface area (Å²) in [6.45, 7) is 4.53. The zero-order valence-electron chi connectivity index (χ0n) is 13.6. The zero-order chi connectivity index (χ0) is 16.2. The number of aliphatic hydroxyl groups is 1. The molecule has 1 aliphatic carbocycles. The fourth-order valence-corrected chi connectivity index (χ4v) is 2.96. The van der Waals surface area contributed by atoms with Crippen LogP contribution in [-0.2, 0) is 0 Å². The maximum Gasteiger partial charge on any atom is 0.315 e. The number of carbonyl (C=O) groups is 1. The highest BCUT2D eigenvalue weighted by molar-refractivity contribution is 5.74. The third-order valence-corrected chi connectivity index (χ3v) is 4.50. The quantitative estimate of drug-likeness (QED) is 0.783. The average Bonchev–Trinajstić information content (AvgIpc) is 2.83. The number of nitrogens with one attached hydrogen (secondary N) is 2. The van der Waals surface area contributed by atoms with E-state index in [0.29, 0.717) is 5.75 Å². The van der Waals surface area contributed by atoms with Gasteiger partial charge in [-0.25, -0.2) is 4.79 Å². The molecular formula is C17H26N2O3. The van der Waals surface area contributed by atoms with Crippen LogP contribution in [0, 0.1) is 5.41 Å². The minimum absolute atomic E-state index is 0.142. The number of hydrogen-bond donors (Lipinski definition) is 3. The second kappa shape index (κ2) is 7.01. The van der Waals surface area contributed by atoms with Crippen molar-refractivity contribution in [2.24, 2.45) is 5.41 Å². The average molecular weight is 306 g/mol. The molecule has 1 aromatic rings. The molecule has 3 N–H and O–H groups in total. The van der Waals surface area contributed by atoms with Gasteiger partial charge in [-0.3, -0.25) is 0 Å². The van der Waals surface area contributed by atoms with Crippen LogP contribution >= 0.6 is 0 Å². The lowest BCUT2D eigenvalue weighted by Gasteiger charge is -2.28. The molecule has 2 amide bonds. The fraction of sp³-hybridized carbons (Fsp3) is 0.588. The Morgan fingerprint density at radius 1 is 1.50 bits per heavy atom. The normalized spacial score (nSPS) is 21.2. The van der Waals surface area contributed by atoms with Gasteiger partial charge < -0.3 is 20.5 Å².